The predicted molar refractivity (Wildman–Crippen MR) is 101 cm³/mol. The van der Waals surface area contributed by atoms with Crippen molar-refractivity contribution in [2.75, 3.05) is 0 Å². The molecule has 0 aliphatic rings. The van der Waals surface area contributed by atoms with Crippen molar-refractivity contribution in [3.8, 4) is 17.1 Å². The van der Waals surface area contributed by atoms with Gasteiger partial charge < -0.3 is 14.0 Å². The Balaban J connectivity index is 1.53. The zero-order chi connectivity index (χ0) is 20.1. The van der Waals surface area contributed by atoms with Gasteiger partial charge in [0.2, 0.25) is 5.82 Å². The molecule has 0 unspecified atom stereocenters. The third-order valence-electron chi connectivity index (χ3n) is 4.02. The fourth-order valence-corrected chi connectivity index (χ4v) is 2.40. The van der Waals surface area contributed by atoms with E-state index in [2.05, 4.69) is 10.1 Å². The first kappa shape index (κ1) is 19.3. The normalized spacial score (nSPS) is 11.7. The SMILES string of the molecule is CC(=O)c1ccc(O[C@@H](C)C(=O)OCc2nc(-c3ccc(C)cc3)no2)cc1. The number of carbonyl (C=O) groups excluding carboxylic acids is 2. The number of aryl methyl sites for hydroxylation is 1. The number of hydrogen-bond acceptors (Lipinski definition) is 7. The Morgan fingerprint density at radius 1 is 1.07 bits per heavy atom. The molecule has 7 heteroatoms. The molecule has 0 saturated carbocycles. The zero-order valence-electron chi connectivity index (χ0n) is 15.8. The highest BCUT2D eigenvalue weighted by atomic mass is 16.6. The molecule has 0 aliphatic carbocycles. The summed E-state index contributed by atoms with van der Waals surface area (Å²) in [5, 5.41) is 3.89. The zero-order valence-corrected chi connectivity index (χ0v) is 15.8. The van der Waals surface area contributed by atoms with Crippen LogP contribution < -0.4 is 4.74 Å². The number of aromatic nitrogens is 2. The summed E-state index contributed by atoms with van der Waals surface area (Å²) in [4.78, 5) is 27.6. The second kappa shape index (κ2) is 8.47. The summed E-state index contributed by atoms with van der Waals surface area (Å²) in [5.74, 6) is 0.492. The van der Waals surface area contributed by atoms with E-state index < -0.39 is 12.1 Å². The number of hydrogen-bond donors (Lipinski definition) is 0. The van der Waals surface area contributed by atoms with E-state index in [0.29, 0.717) is 17.1 Å². The first-order chi connectivity index (χ1) is 13.4. The molecule has 7 nitrogen and oxygen atoms in total. The summed E-state index contributed by atoms with van der Waals surface area (Å²) in [6, 6.07) is 14.2. The van der Waals surface area contributed by atoms with E-state index in [1.54, 1.807) is 31.2 Å². The van der Waals surface area contributed by atoms with Gasteiger partial charge in [-0.2, -0.15) is 4.98 Å². The summed E-state index contributed by atoms with van der Waals surface area (Å²) in [5.41, 5.74) is 2.52. The van der Waals surface area contributed by atoms with Gasteiger partial charge in [-0.1, -0.05) is 35.0 Å². The average molecular weight is 380 g/mol. The van der Waals surface area contributed by atoms with Crippen LogP contribution in [-0.2, 0) is 16.1 Å². The van der Waals surface area contributed by atoms with Gasteiger partial charge >= 0.3 is 5.97 Å². The number of esters is 1. The Morgan fingerprint density at radius 2 is 1.75 bits per heavy atom. The number of carbonyl (C=O) groups is 2. The van der Waals surface area contributed by atoms with Crippen LogP contribution in [-0.4, -0.2) is 28.0 Å². The highest BCUT2D eigenvalue weighted by Crippen LogP contribution is 2.17. The number of benzene rings is 2. The Labute approximate surface area is 162 Å². The van der Waals surface area contributed by atoms with Crippen molar-refractivity contribution in [1.82, 2.24) is 10.1 Å². The standard InChI is InChI=1S/C21H20N2O5/c1-13-4-6-17(7-5-13)20-22-19(28-23-20)12-26-21(25)15(3)27-18-10-8-16(9-11-18)14(2)24/h4-11,15H,12H2,1-3H3/t15-/m0/s1. The average Bonchev–Trinajstić information content (AvgIpc) is 3.16. The molecule has 1 heterocycles. The van der Waals surface area contributed by atoms with Crippen LogP contribution in [0.4, 0.5) is 0 Å². The van der Waals surface area contributed by atoms with Gasteiger partial charge in [-0.3, -0.25) is 4.79 Å². The van der Waals surface area contributed by atoms with Crippen molar-refractivity contribution in [3.63, 3.8) is 0 Å². The van der Waals surface area contributed by atoms with Crippen molar-refractivity contribution in [2.24, 2.45) is 0 Å². The van der Waals surface area contributed by atoms with Gasteiger partial charge in [0.1, 0.15) is 5.75 Å². The Kier molecular flexibility index (Phi) is 5.84. The van der Waals surface area contributed by atoms with Gasteiger partial charge in [-0.15, -0.1) is 0 Å². The molecule has 3 rings (SSSR count). The van der Waals surface area contributed by atoms with Crippen molar-refractivity contribution in [1.29, 1.82) is 0 Å². The van der Waals surface area contributed by atoms with Crippen molar-refractivity contribution in [2.45, 2.75) is 33.5 Å². The molecule has 0 radical (unpaired) electrons. The molecule has 144 valence electrons. The van der Waals surface area contributed by atoms with Crippen LogP contribution in [0.5, 0.6) is 5.75 Å². The first-order valence-corrected chi connectivity index (χ1v) is 8.76. The van der Waals surface area contributed by atoms with E-state index in [-0.39, 0.29) is 18.3 Å². The monoisotopic (exact) mass is 380 g/mol. The lowest BCUT2D eigenvalue weighted by atomic mass is 10.1. The number of rotatable bonds is 7. The van der Waals surface area contributed by atoms with Crippen LogP contribution >= 0.6 is 0 Å². The quantitative estimate of drug-likeness (QED) is 0.455. The first-order valence-electron chi connectivity index (χ1n) is 8.76. The highest BCUT2D eigenvalue weighted by Gasteiger charge is 2.18. The fraction of sp³-hybridized carbons (Fsp3) is 0.238. The van der Waals surface area contributed by atoms with Gasteiger partial charge in [-0.25, -0.2) is 4.79 Å². The second-order valence-electron chi connectivity index (χ2n) is 6.33. The number of ether oxygens (including phenoxy) is 2. The van der Waals surface area contributed by atoms with E-state index in [4.69, 9.17) is 14.0 Å². The Bertz CT molecular complexity index is 961. The van der Waals surface area contributed by atoms with Crippen LogP contribution in [0.25, 0.3) is 11.4 Å². The highest BCUT2D eigenvalue weighted by molar-refractivity contribution is 5.94. The third-order valence-corrected chi connectivity index (χ3v) is 4.02. The van der Waals surface area contributed by atoms with Crippen molar-refractivity contribution in [3.05, 3.63) is 65.5 Å². The maximum Gasteiger partial charge on any atom is 0.347 e. The van der Waals surface area contributed by atoms with E-state index in [0.717, 1.165) is 11.1 Å². The molecule has 1 atom stereocenters. The van der Waals surface area contributed by atoms with Crippen LogP contribution in [0.1, 0.15) is 35.7 Å². The molecule has 0 saturated heterocycles. The lowest BCUT2D eigenvalue weighted by molar-refractivity contribution is -0.153. The van der Waals surface area contributed by atoms with Crippen LogP contribution in [0.3, 0.4) is 0 Å². The van der Waals surface area contributed by atoms with Gasteiger partial charge in [0.25, 0.3) is 5.89 Å². The van der Waals surface area contributed by atoms with Crippen molar-refractivity contribution >= 4 is 11.8 Å². The third kappa shape index (κ3) is 4.82. The maximum atomic E-state index is 12.1. The van der Waals surface area contributed by atoms with Gasteiger partial charge in [0.15, 0.2) is 18.5 Å². The minimum absolute atomic E-state index is 0.0384. The molecular weight excluding hydrogens is 360 g/mol. The minimum atomic E-state index is -0.831. The molecule has 0 aliphatic heterocycles. The topological polar surface area (TPSA) is 91.5 Å². The molecule has 28 heavy (non-hydrogen) atoms. The van der Waals surface area contributed by atoms with Crippen molar-refractivity contribution < 1.29 is 23.6 Å². The Morgan fingerprint density at radius 3 is 2.39 bits per heavy atom. The molecule has 0 N–H and O–H groups in total. The summed E-state index contributed by atoms with van der Waals surface area (Å²) < 4.78 is 15.8. The Hall–Kier alpha value is -3.48. The largest absolute Gasteiger partial charge is 0.479 e. The minimum Gasteiger partial charge on any atom is -0.479 e. The lowest BCUT2D eigenvalue weighted by Gasteiger charge is -2.13. The van der Waals surface area contributed by atoms with Gasteiger partial charge in [0, 0.05) is 11.1 Å². The summed E-state index contributed by atoms with van der Waals surface area (Å²) in [6.07, 6.45) is -0.831. The lowest BCUT2D eigenvalue weighted by Crippen LogP contribution is -2.26. The molecule has 0 amide bonds. The van der Waals surface area contributed by atoms with Crippen LogP contribution in [0.15, 0.2) is 53.1 Å². The molecule has 1 aromatic heterocycles. The molecule has 0 bridgehead atoms. The maximum absolute atomic E-state index is 12.1. The van der Waals surface area contributed by atoms with Crippen LogP contribution in [0, 0.1) is 6.92 Å². The molecule has 0 spiro atoms. The predicted octanol–water partition coefficient (Wildman–Crippen LogP) is 3.76. The number of Topliss-reactive ketones (excluding diaryl/α,β-unsaturated/α-hetero) is 1. The van der Waals surface area contributed by atoms with E-state index in [1.807, 2.05) is 31.2 Å². The summed E-state index contributed by atoms with van der Waals surface area (Å²) in [6.45, 7) is 4.91. The number of nitrogens with zero attached hydrogens (tertiary/aromatic N) is 2. The van der Waals surface area contributed by atoms with E-state index >= 15 is 0 Å². The van der Waals surface area contributed by atoms with Gasteiger partial charge in [0.05, 0.1) is 0 Å². The summed E-state index contributed by atoms with van der Waals surface area (Å²) >= 11 is 0. The van der Waals surface area contributed by atoms with E-state index in [9.17, 15) is 9.59 Å². The van der Waals surface area contributed by atoms with Crippen LogP contribution in [0.2, 0.25) is 0 Å². The molecule has 0 fully saturated rings. The molecular formula is C21H20N2O5. The second-order valence-corrected chi connectivity index (χ2v) is 6.33. The summed E-state index contributed by atoms with van der Waals surface area (Å²) in [7, 11) is 0. The van der Waals surface area contributed by atoms with Gasteiger partial charge in [-0.05, 0) is 45.0 Å². The molecule has 3 aromatic rings. The molecule has 2 aromatic carbocycles. The smallest absolute Gasteiger partial charge is 0.347 e. The number of ketones is 1. The fourth-order valence-electron chi connectivity index (χ4n) is 2.40. The van der Waals surface area contributed by atoms with E-state index in [1.165, 1.54) is 6.92 Å².